The predicted octanol–water partition coefficient (Wildman–Crippen LogP) is 5.69. The first-order chi connectivity index (χ1) is 19.9. The molecule has 228 valence electrons. The summed E-state index contributed by atoms with van der Waals surface area (Å²) in [6.45, 7) is 6.91. The zero-order chi connectivity index (χ0) is 30.1. The number of piperazine rings is 1. The normalized spacial score (nSPS) is 21.3. The summed E-state index contributed by atoms with van der Waals surface area (Å²) in [6.07, 6.45) is -6.87. The number of alkyl halides is 6. The van der Waals surface area contributed by atoms with Gasteiger partial charge in [-0.3, -0.25) is 14.6 Å². The largest absolute Gasteiger partial charge is 0.416 e. The number of halogens is 6. The van der Waals surface area contributed by atoms with Crippen molar-refractivity contribution in [2.24, 2.45) is 0 Å². The minimum atomic E-state index is -5.03. The molecule has 2 saturated heterocycles. The van der Waals surface area contributed by atoms with Gasteiger partial charge in [0, 0.05) is 74.0 Å². The van der Waals surface area contributed by atoms with Gasteiger partial charge < -0.3 is 14.6 Å². The van der Waals surface area contributed by atoms with Crippen LogP contribution in [0.1, 0.15) is 40.4 Å². The number of nitrogens with zero attached hydrogens (tertiary/aromatic N) is 3. The smallest absolute Gasteiger partial charge is 0.378 e. The van der Waals surface area contributed by atoms with Crippen molar-refractivity contribution in [3.05, 3.63) is 70.9 Å². The van der Waals surface area contributed by atoms with E-state index in [0.29, 0.717) is 50.9 Å². The Labute approximate surface area is 240 Å². The van der Waals surface area contributed by atoms with E-state index in [0.717, 1.165) is 42.5 Å². The molecule has 3 heterocycles. The van der Waals surface area contributed by atoms with E-state index < -0.39 is 41.0 Å². The lowest BCUT2D eigenvalue weighted by Gasteiger charge is -2.43. The summed E-state index contributed by atoms with van der Waals surface area (Å²) in [6, 6.07) is 8.61. The molecule has 6 nitrogen and oxygen atoms in total. The van der Waals surface area contributed by atoms with E-state index in [-0.39, 0.29) is 12.6 Å². The van der Waals surface area contributed by atoms with Crippen LogP contribution in [0.4, 0.5) is 26.3 Å². The van der Waals surface area contributed by atoms with Gasteiger partial charge in [-0.15, -0.1) is 0 Å². The molecule has 2 fully saturated rings. The lowest BCUT2D eigenvalue weighted by atomic mass is 9.98. The van der Waals surface area contributed by atoms with E-state index in [1.54, 1.807) is 0 Å². The van der Waals surface area contributed by atoms with Gasteiger partial charge in [0.1, 0.15) is 0 Å². The molecule has 2 aromatic carbocycles. The van der Waals surface area contributed by atoms with Crippen LogP contribution in [-0.2, 0) is 23.5 Å². The van der Waals surface area contributed by atoms with Gasteiger partial charge in [0.15, 0.2) is 0 Å². The average Bonchev–Trinajstić information content (AvgIpc) is 3.37. The lowest BCUT2D eigenvalue weighted by molar-refractivity contribution is -0.143. The van der Waals surface area contributed by atoms with Gasteiger partial charge >= 0.3 is 12.4 Å². The van der Waals surface area contributed by atoms with Gasteiger partial charge in [0.05, 0.1) is 24.3 Å². The number of rotatable bonds is 7. The topological polar surface area (TPSA) is 51.8 Å². The maximum absolute atomic E-state index is 13.7. The Balaban J connectivity index is 1.41. The number of amides is 1. The quantitative estimate of drug-likeness (QED) is 0.357. The van der Waals surface area contributed by atoms with E-state index in [4.69, 9.17) is 4.74 Å². The fraction of sp³-hybridized carbons (Fsp3) is 0.500. The Kier molecular flexibility index (Phi) is 8.86. The SMILES string of the molecule is CC[C@H]1COCCN1CCN1CCN(C(=O)c2cc(C(F)(F)F)cc(C(F)(F)F)c2)[C@H](Cc2c[nH]c3ccccc23)C1. The van der Waals surface area contributed by atoms with Gasteiger partial charge in [-0.2, -0.15) is 26.3 Å². The number of carbonyl (C=O) groups is 1. The van der Waals surface area contributed by atoms with Crippen LogP contribution in [0.25, 0.3) is 10.9 Å². The fourth-order valence-corrected chi connectivity index (χ4v) is 5.99. The van der Waals surface area contributed by atoms with E-state index in [9.17, 15) is 31.1 Å². The Morgan fingerprint density at radius 3 is 2.36 bits per heavy atom. The van der Waals surface area contributed by atoms with Gasteiger partial charge in [-0.05, 0) is 42.7 Å². The number of ether oxygens (including phenoxy) is 1. The molecule has 1 N–H and O–H groups in total. The molecule has 0 aliphatic carbocycles. The Morgan fingerprint density at radius 1 is 0.952 bits per heavy atom. The van der Waals surface area contributed by atoms with Crippen LogP contribution >= 0.6 is 0 Å². The van der Waals surface area contributed by atoms with Crippen LogP contribution in [-0.4, -0.2) is 90.2 Å². The monoisotopic (exact) mass is 596 g/mol. The molecular formula is C30H34F6N4O2. The summed E-state index contributed by atoms with van der Waals surface area (Å²) >= 11 is 0. The third kappa shape index (κ3) is 6.76. The zero-order valence-corrected chi connectivity index (χ0v) is 23.3. The molecule has 2 aliphatic rings. The van der Waals surface area contributed by atoms with Crippen LogP contribution in [0.2, 0.25) is 0 Å². The van der Waals surface area contributed by atoms with Crippen molar-refractivity contribution in [2.45, 2.75) is 44.2 Å². The number of para-hydroxylation sites is 1. The molecule has 0 radical (unpaired) electrons. The number of fused-ring (bicyclic) bond motifs is 1. The summed E-state index contributed by atoms with van der Waals surface area (Å²) in [5.41, 5.74) is -1.78. The van der Waals surface area contributed by atoms with Gasteiger partial charge in [0.25, 0.3) is 5.91 Å². The number of aromatic nitrogens is 1. The number of nitrogens with one attached hydrogen (secondary N) is 1. The van der Waals surface area contributed by atoms with Crippen molar-refractivity contribution in [3.63, 3.8) is 0 Å². The number of carbonyl (C=O) groups excluding carboxylic acids is 1. The van der Waals surface area contributed by atoms with Crippen LogP contribution in [0.3, 0.4) is 0 Å². The van der Waals surface area contributed by atoms with Crippen molar-refractivity contribution in [3.8, 4) is 0 Å². The second-order valence-electron chi connectivity index (χ2n) is 11.0. The Hall–Kier alpha value is -3.09. The highest BCUT2D eigenvalue weighted by Crippen LogP contribution is 2.37. The van der Waals surface area contributed by atoms with Crippen LogP contribution in [0.15, 0.2) is 48.7 Å². The second kappa shape index (κ2) is 12.3. The standard InChI is InChI=1S/C30H34F6N4O2/c1-2-24-19-42-12-11-39(24)9-7-38-8-10-40(25(18-38)15-21-17-37-27-6-4-3-5-26(21)27)28(41)20-13-22(29(31,32)33)16-23(14-20)30(34,35)36/h3-6,13-14,16-17,24-25,37H,2,7-12,15,18-19H2,1H3/t24-,25+/m0/s1. The molecule has 2 aliphatic heterocycles. The average molecular weight is 597 g/mol. The summed E-state index contributed by atoms with van der Waals surface area (Å²) in [7, 11) is 0. The van der Waals surface area contributed by atoms with Crippen molar-refractivity contribution in [2.75, 3.05) is 52.5 Å². The van der Waals surface area contributed by atoms with Gasteiger partial charge in [-0.1, -0.05) is 25.1 Å². The van der Waals surface area contributed by atoms with Crippen molar-refractivity contribution < 1.29 is 35.9 Å². The summed E-state index contributed by atoms with van der Waals surface area (Å²) < 4.78 is 86.9. The number of morpholine rings is 1. The van der Waals surface area contributed by atoms with E-state index in [2.05, 4.69) is 21.7 Å². The number of aromatic amines is 1. The van der Waals surface area contributed by atoms with Crippen molar-refractivity contribution >= 4 is 16.8 Å². The van der Waals surface area contributed by atoms with E-state index in [1.165, 1.54) is 4.90 Å². The number of H-pyrrole nitrogens is 1. The molecule has 1 aromatic heterocycles. The molecule has 0 bridgehead atoms. The molecule has 2 atom stereocenters. The maximum Gasteiger partial charge on any atom is 0.416 e. The number of benzene rings is 2. The molecule has 0 unspecified atom stereocenters. The third-order valence-corrected chi connectivity index (χ3v) is 8.32. The Morgan fingerprint density at radius 2 is 1.67 bits per heavy atom. The fourth-order valence-electron chi connectivity index (χ4n) is 5.99. The number of hydrogen-bond donors (Lipinski definition) is 1. The minimum absolute atomic E-state index is 0.0490. The molecule has 12 heteroatoms. The molecule has 0 spiro atoms. The van der Waals surface area contributed by atoms with Crippen molar-refractivity contribution in [1.82, 2.24) is 19.7 Å². The van der Waals surface area contributed by atoms with E-state index in [1.807, 2.05) is 30.5 Å². The van der Waals surface area contributed by atoms with Crippen LogP contribution in [0.5, 0.6) is 0 Å². The first kappa shape index (κ1) is 30.4. The third-order valence-electron chi connectivity index (χ3n) is 8.32. The molecule has 3 aromatic rings. The summed E-state index contributed by atoms with van der Waals surface area (Å²) in [5, 5.41) is 0.958. The molecule has 42 heavy (non-hydrogen) atoms. The zero-order valence-electron chi connectivity index (χ0n) is 23.3. The maximum atomic E-state index is 13.7. The molecule has 5 rings (SSSR count). The molecular weight excluding hydrogens is 562 g/mol. The lowest BCUT2D eigenvalue weighted by Crippen LogP contribution is -2.57. The predicted molar refractivity (Wildman–Crippen MR) is 146 cm³/mol. The highest BCUT2D eigenvalue weighted by Gasteiger charge is 2.39. The minimum Gasteiger partial charge on any atom is -0.378 e. The van der Waals surface area contributed by atoms with Crippen molar-refractivity contribution in [1.29, 1.82) is 0 Å². The van der Waals surface area contributed by atoms with Gasteiger partial charge in [-0.25, -0.2) is 0 Å². The Bertz CT molecular complexity index is 1360. The number of hydrogen-bond acceptors (Lipinski definition) is 4. The van der Waals surface area contributed by atoms with Gasteiger partial charge in [0.2, 0.25) is 0 Å². The first-order valence-electron chi connectivity index (χ1n) is 14.1. The van der Waals surface area contributed by atoms with E-state index >= 15 is 0 Å². The highest BCUT2D eigenvalue weighted by atomic mass is 19.4. The van der Waals surface area contributed by atoms with Crippen LogP contribution in [0, 0.1) is 0 Å². The van der Waals surface area contributed by atoms with Crippen LogP contribution < -0.4 is 0 Å². The second-order valence-corrected chi connectivity index (χ2v) is 11.0. The summed E-state index contributed by atoms with van der Waals surface area (Å²) in [5.74, 6) is -0.838. The highest BCUT2D eigenvalue weighted by molar-refractivity contribution is 5.95. The molecule has 0 saturated carbocycles. The first-order valence-corrected chi connectivity index (χ1v) is 14.1. The molecule has 1 amide bonds. The summed E-state index contributed by atoms with van der Waals surface area (Å²) in [4.78, 5) is 23.0.